The zero-order valence-corrected chi connectivity index (χ0v) is 17.5. The number of nitrogens with zero attached hydrogens (tertiary/aromatic N) is 3. The SMILES string of the molecule is Cc1ccc(-c2nnc(CCC(=O)OCC(=O)c3cc(C)n(C4CC4)c3C)o2)cc1. The molecule has 2 heterocycles. The maximum absolute atomic E-state index is 12.5. The molecule has 0 aliphatic heterocycles. The van der Waals surface area contributed by atoms with Gasteiger partial charge in [0.05, 0.1) is 6.42 Å². The molecule has 0 amide bonds. The smallest absolute Gasteiger partial charge is 0.306 e. The predicted molar refractivity (Wildman–Crippen MR) is 110 cm³/mol. The van der Waals surface area contributed by atoms with Crippen molar-refractivity contribution in [2.75, 3.05) is 6.61 Å². The highest BCUT2D eigenvalue weighted by Crippen LogP contribution is 2.38. The fraction of sp³-hybridized carbons (Fsp3) is 0.391. The van der Waals surface area contributed by atoms with Crippen LogP contribution in [0.25, 0.3) is 11.5 Å². The molecule has 0 radical (unpaired) electrons. The number of hydrogen-bond donors (Lipinski definition) is 0. The number of carbonyl (C=O) groups is 2. The Balaban J connectivity index is 1.28. The van der Waals surface area contributed by atoms with Crippen LogP contribution in [0.4, 0.5) is 0 Å². The molecule has 30 heavy (non-hydrogen) atoms. The zero-order chi connectivity index (χ0) is 21.3. The Morgan fingerprint density at radius 1 is 1.13 bits per heavy atom. The highest BCUT2D eigenvalue weighted by atomic mass is 16.5. The van der Waals surface area contributed by atoms with Gasteiger partial charge >= 0.3 is 5.97 Å². The molecule has 156 valence electrons. The average Bonchev–Trinajstić information content (AvgIpc) is 3.36. The fourth-order valence-electron chi connectivity index (χ4n) is 3.63. The number of ether oxygens (including phenoxy) is 1. The summed E-state index contributed by atoms with van der Waals surface area (Å²) in [7, 11) is 0. The summed E-state index contributed by atoms with van der Waals surface area (Å²) < 4.78 is 13.0. The van der Waals surface area contributed by atoms with Crippen molar-refractivity contribution >= 4 is 11.8 Å². The minimum Gasteiger partial charge on any atom is -0.457 e. The van der Waals surface area contributed by atoms with E-state index in [2.05, 4.69) is 14.8 Å². The van der Waals surface area contributed by atoms with Crippen LogP contribution in [-0.2, 0) is 16.0 Å². The molecule has 1 aromatic carbocycles. The largest absolute Gasteiger partial charge is 0.457 e. The molecule has 0 unspecified atom stereocenters. The van der Waals surface area contributed by atoms with Crippen molar-refractivity contribution in [3.8, 4) is 11.5 Å². The van der Waals surface area contributed by atoms with Crippen molar-refractivity contribution in [2.24, 2.45) is 0 Å². The molecule has 7 heteroatoms. The number of benzene rings is 1. The third-order valence-corrected chi connectivity index (χ3v) is 5.37. The topological polar surface area (TPSA) is 87.2 Å². The first-order valence-electron chi connectivity index (χ1n) is 10.2. The van der Waals surface area contributed by atoms with Gasteiger partial charge in [-0.1, -0.05) is 17.7 Å². The van der Waals surface area contributed by atoms with Crippen molar-refractivity contribution in [3.05, 3.63) is 58.7 Å². The minimum absolute atomic E-state index is 0.0733. The second-order valence-electron chi connectivity index (χ2n) is 7.84. The summed E-state index contributed by atoms with van der Waals surface area (Å²) in [4.78, 5) is 24.6. The Bertz CT molecular complexity index is 1070. The second-order valence-corrected chi connectivity index (χ2v) is 7.84. The number of aromatic nitrogens is 3. The van der Waals surface area contributed by atoms with E-state index in [1.165, 1.54) is 0 Å². The lowest BCUT2D eigenvalue weighted by molar-refractivity contribution is -0.142. The van der Waals surface area contributed by atoms with Gasteiger partial charge in [-0.3, -0.25) is 9.59 Å². The van der Waals surface area contributed by atoms with Gasteiger partial charge in [-0.2, -0.15) is 0 Å². The van der Waals surface area contributed by atoms with Crippen LogP contribution in [0.2, 0.25) is 0 Å². The number of ketones is 1. The molecular weight excluding hydrogens is 382 g/mol. The van der Waals surface area contributed by atoms with Gasteiger partial charge in [0.1, 0.15) is 0 Å². The molecule has 0 atom stereocenters. The lowest BCUT2D eigenvalue weighted by Crippen LogP contribution is -2.15. The van der Waals surface area contributed by atoms with E-state index in [1.807, 2.05) is 51.1 Å². The van der Waals surface area contributed by atoms with Gasteiger partial charge in [0.25, 0.3) is 0 Å². The molecule has 4 rings (SSSR count). The van der Waals surface area contributed by atoms with E-state index in [0.29, 0.717) is 23.4 Å². The van der Waals surface area contributed by atoms with Crippen molar-refractivity contribution in [1.82, 2.24) is 14.8 Å². The number of carbonyl (C=O) groups excluding carboxylic acids is 2. The number of Topliss-reactive ketones (excluding diaryl/α,β-unsaturated/α-hetero) is 1. The van der Waals surface area contributed by atoms with Gasteiger partial charge in [-0.25, -0.2) is 0 Å². The van der Waals surface area contributed by atoms with Gasteiger partial charge < -0.3 is 13.7 Å². The lowest BCUT2D eigenvalue weighted by atomic mass is 10.1. The predicted octanol–water partition coefficient (Wildman–Crippen LogP) is 4.16. The molecule has 1 saturated carbocycles. The summed E-state index contributed by atoms with van der Waals surface area (Å²) in [6.45, 7) is 5.70. The van der Waals surface area contributed by atoms with Crippen LogP contribution < -0.4 is 0 Å². The normalized spacial score (nSPS) is 13.4. The molecule has 1 aliphatic rings. The van der Waals surface area contributed by atoms with Crippen molar-refractivity contribution in [1.29, 1.82) is 0 Å². The van der Waals surface area contributed by atoms with Crippen LogP contribution in [-0.4, -0.2) is 33.1 Å². The van der Waals surface area contributed by atoms with Crippen LogP contribution in [0, 0.1) is 20.8 Å². The molecule has 0 spiro atoms. The van der Waals surface area contributed by atoms with Crippen LogP contribution in [0.1, 0.15) is 58.5 Å². The maximum Gasteiger partial charge on any atom is 0.306 e. The monoisotopic (exact) mass is 407 g/mol. The fourth-order valence-corrected chi connectivity index (χ4v) is 3.63. The van der Waals surface area contributed by atoms with E-state index in [0.717, 1.165) is 35.4 Å². The number of rotatable bonds is 8. The Hall–Kier alpha value is -3.22. The molecule has 0 N–H and O–H groups in total. The molecule has 2 aromatic heterocycles. The summed E-state index contributed by atoms with van der Waals surface area (Å²) in [6, 6.07) is 10.1. The first kappa shape index (κ1) is 20.1. The standard InChI is InChI=1S/C23H25N3O4/c1-14-4-6-17(7-5-14)23-25-24-21(30-23)10-11-22(28)29-13-20(27)19-12-15(2)26(16(19)3)18-8-9-18/h4-7,12,18H,8-11,13H2,1-3H3. The summed E-state index contributed by atoms with van der Waals surface area (Å²) in [6.07, 6.45) is 2.65. The highest BCUT2D eigenvalue weighted by Gasteiger charge is 2.28. The Kier molecular flexibility index (Phi) is 5.53. The quantitative estimate of drug-likeness (QED) is 0.412. The van der Waals surface area contributed by atoms with E-state index in [-0.39, 0.29) is 25.2 Å². The third-order valence-electron chi connectivity index (χ3n) is 5.37. The van der Waals surface area contributed by atoms with E-state index >= 15 is 0 Å². The third kappa shape index (κ3) is 4.35. The molecule has 0 saturated heterocycles. The zero-order valence-electron chi connectivity index (χ0n) is 17.5. The first-order chi connectivity index (χ1) is 14.4. The number of esters is 1. The molecule has 7 nitrogen and oxygen atoms in total. The van der Waals surface area contributed by atoms with E-state index in [9.17, 15) is 9.59 Å². The van der Waals surface area contributed by atoms with Crippen molar-refractivity contribution < 1.29 is 18.7 Å². The summed E-state index contributed by atoms with van der Waals surface area (Å²) in [5.74, 6) is 0.138. The van der Waals surface area contributed by atoms with Crippen LogP contribution in [0.5, 0.6) is 0 Å². The number of aryl methyl sites for hydroxylation is 3. The molecular formula is C23H25N3O4. The molecule has 1 aliphatic carbocycles. The van der Waals surface area contributed by atoms with E-state index < -0.39 is 5.97 Å². The van der Waals surface area contributed by atoms with Gasteiger partial charge in [-0.05, 0) is 51.8 Å². The molecule has 0 bridgehead atoms. The van der Waals surface area contributed by atoms with Crippen LogP contribution in [0.3, 0.4) is 0 Å². The minimum atomic E-state index is -0.463. The van der Waals surface area contributed by atoms with Gasteiger partial charge in [0, 0.05) is 35.0 Å². The van der Waals surface area contributed by atoms with Gasteiger partial charge in [-0.15, -0.1) is 10.2 Å². The summed E-state index contributed by atoms with van der Waals surface area (Å²) >= 11 is 0. The lowest BCUT2D eigenvalue weighted by Gasteiger charge is -2.07. The molecule has 3 aromatic rings. The Morgan fingerprint density at radius 2 is 1.87 bits per heavy atom. The summed E-state index contributed by atoms with van der Waals surface area (Å²) in [5.41, 5.74) is 4.63. The van der Waals surface area contributed by atoms with Gasteiger partial charge in [0.15, 0.2) is 6.61 Å². The van der Waals surface area contributed by atoms with Crippen molar-refractivity contribution in [2.45, 2.75) is 52.5 Å². The van der Waals surface area contributed by atoms with Crippen molar-refractivity contribution in [3.63, 3.8) is 0 Å². The maximum atomic E-state index is 12.5. The first-order valence-corrected chi connectivity index (χ1v) is 10.2. The van der Waals surface area contributed by atoms with Gasteiger partial charge in [0.2, 0.25) is 17.6 Å². The van der Waals surface area contributed by atoms with Crippen LogP contribution >= 0.6 is 0 Å². The molecule has 1 fully saturated rings. The van der Waals surface area contributed by atoms with Crippen LogP contribution in [0.15, 0.2) is 34.7 Å². The Morgan fingerprint density at radius 3 is 2.57 bits per heavy atom. The second kappa shape index (κ2) is 8.26. The van der Waals surface area contributed by atoms with E-state index in [4.69, 9.17) is 9.15 Å². The Labute approximate surface area is 175 Å². The summed E-state index contributed by atoms with van der Waals surface area (Å²) in [5, 5.41) is 8.00. The van der Waals surface area contributed by atoms with E-state index in [1.54, 1.807) is 0 Å². The highest BCUT2D eigenvalue weighted by molar-refractivity contribution is 5.99. The average molecular weight is 407 g/mol. The number of hydrogen-bond acceptors (Lipinski definition) is 6.